The van der Waals surface area contributed by atoms with Gasteiger partial charge in [0, 0.05) is 25.2 Å². The highest BCUT2D eigenvalue weighted by molar-refractivity contribution is 5.31. The van der Waals surface area contributed by atoms with Gasteiger partial charge in [-0.05, 0) is 6.07 Å². The van der Waals surface area contributed by atoms with Crippen LogP contribution in [-0.2, 0) is 6.54 Å². The van der Waals surface area contributed by atoms with Gasteiger partial charge in [-0.2, -0.15) is 0 Å². The molecule has 0 spiro atoms. The molecule has 4 heteroatoms. The summed E-state index contributed by atoms with van der Waals surface area (Å²) in [4.78, 5) is 1.88. The molecule has 0 amide bonds. The van der Waals surface area contributed by atoms with Crippen LogP contribution in [0.2, 0.25) is 0 Å². The Morgan fingerprint density at radius 3 is 2.13 bits per heavy atom. The highest BCUT2D eigenvalue weighted by Gasteiger charge is 2.07. The van der Waals surface area contributed by atoms with E-state index < -0.39 is 0 Å². The Labute approximate surface area is 89.4 Å². The van der Waals surface area contributed by atoms with E-state index in [-0.39, 0.29) is 19.0 Å². The van der Waals surface area contributed by atoms with E-state index in [1.165, 1.54) is 0 Å². The molecule has 0 radical (unpaired) electrons. The van der Waals surface area contributed by atoms with Gasteiger partial charge in [0.15, 0.2) is 0 Å². The molecule has 3 N–H and O–H groups in total. The fraction of sp³-hybridized carbons (Fsp3) is 0.455. The lowest BCUT2D eigenvalue weighted by molar-refractivity contribution is 0.155. The van der Waals surface area contributed by atoms with E-state index in [1.54, 1.807) is 12.1 Å². The SMILES string of the molecule is OCCN(CCO)Cc1ccccc1O. The van der Waals surface area contributed by atoms with Crippen molar-refractivity contribution in [2.45, 2.75) is 6.54 Å². The second-order valence-corrected chi connectivity index (χ2v) is 3.35. The van der Waals surface area contributed by atoms with E-state index in [4.69, 9.17) is 10.2 Å². The third kappa shape index (κ3) is 3.87. The summed E-state index contributed by atoms with van der Waals surface area (Å²) >= 11 is 0. The van der Waals surface area contributed by atoms with Gasteiger partial charge in [-0.25, -0.2) is 0 Å². The minimum absolute atomic E-state index is 0.0492. The summed E-state index contributed by atoms with van der Waals surface area (Å²) in [6, 6.07) is 7.08. The van der Waals surface area contributed by atoms with Crippen LogP contribution in [0, 0.1) is 0 Å². The van der Waals surface area contributed by atoms with Gasteiger partial charge in [-0.15, -0.1) is 0 Å². The molecule has 0 heterocycles. The topological polar surface area (TPSA) is 63.9 Å². The van der Waals surface area contributed by atoms with Gasteiger partial charge in [0.05, 0.1) is 13.2 Å². The van der Waals surface area contributed by atoms with Crippen LogP contribution >= 0.6 is 0 Å². The van der Waals surface area contributed by atoms with Crippen LogP contribution < -0.4 is 0 Å². The summed E-state index contributed by atoms with van der Waals surface area (Å²) in [6.45, 7) is 1.62. The summed E-state index contributed by atoms with van der Waals surface area (Å²) < 4.78 is 0. The third-order valence-corrected chi connectivity index (χ3v) is 2.22. The quantitative estimate of drug-likeness (QED) is 0.628. The standard InChI is InChI=1S/C11H17NO3/c13-7-5-12(6-8-14)9-10-3-1-2-4-11(10)15/h1-4,13-15H,5-9H2. The summed E-state index contributed by atoms with van der Waals surface area (Å²) in [6.07, 6.45) is 0. The van der Waals surface area contributed by atoms with Gasteiger partial charge in [0.25, 0.3) is 0 Å². The van der Waals surface area contributed by atoms with E-state index in [0.717, 1.165) is 5.56 Å². The molecule has 0 saturated heterocycles. The molecule has 0 bridgehead atoms. The first-order valence-corrected chi connectivity index (χ1v) is 4.99. The molecular weight excluding hydrogens is 194 g/mol. The normalized spacial score (nSPS) is 10.9. The van der Waals surface area contributed by atoms with Crippen molar-refractivity contribution in [1.82, 2.24) is 4.90 Å². The number of phenolic OH excluding ortho intramolecular Hbond substituents is 1. The molecule has 0 unspecified atom stereocenters. The molecule has 0 aliphatic carbocycles. The lowest BCUT2D eigenvalue weighted by Crippen LogP contribution is -2.29. The summed E-state index contributed by atoms with van der Waals surface area (Å²) in [5.74, 6) is 0.248. The Kier molecular flexibility index (Phi) is 5.10. The van der Waals surface area contributed by atoms with Crippen molar-refractivity contribution in [2.24, 2.45) is 0 Å². The fourth-order valence-electron chi connectivity index (χ4n) is 1.44. The number of para-hydroxylation sites is 1. The number of aliphatic hydroxyl groups is 2. The predicted octanol–water partition coefficient (Wildman–Crippen LogP) is 0.179. The monoisotopic (exact) mass is 211 g/mol. The molecule has 1 aromatic rings. The average Bonchev–Trinajstić information content (AvgIpc) is 2.22. The summed E-state index contributed by atoms with van der Waals surface area (Å²) in [5, 5.41) is 27.2. The fourth-order valence-corrected chi connectivity index (χ4v) is 1.44. The van der Waals surface area contributed by atoms with E-state index in [0.29, 0.717) is 19.6 Å². The number of aliphatic hydroxyl groups excluding tert-OH is 2. The first-order chi connectivity index (χ1) is 7.27. The minimum atomic E-state index is 0.0492. The highest BCUT2D eigenvalue weighted by Crippen LogP contribution is 2.17. The predicted molar refractivity (Wildman–Crippen MR) is 57.6 cm³/mol. The number of rotatable bonds is 6. The molecule has 0 saturated carbocycles. The van der Waals surface area contributed by atoms with Crippen molar-refractivity contribution in [3.8, 4) is 5.75 Å². The second kappa shape index (κ2) is 6.40. The van der Waals surface area contributed by atoms with Crippen LogP contribution in [0.1, 0.15) is 5.56 Å². The summed E-state index contributed by atoms with van der Waals surface area (Å²) in [5.41, 5.74) is 0.805. The third-order valence-electron chi connectivity index (χ3n) is 2.22. The molecule has 84 valence electrons. The molecule has 4 nitrogen and oxygen atoms in total. The lowest BCUT2D eigenvalue weighted by atomic mass is 10.2. The number of aromatic hydroxyl groups is 1. The van der Waals surface area contributed by atoms with Crippen LogP contribution in [0.25, 0.3) is 0 Å². The summed E-state index contributed by atoms with van der Waals surface area (Å²) in [7, 11) is 0. The van der Waals surface area contributed by atoms with Gasteiger partial charge in [0.2, 0.25) is 0 Å². The largest absolute Gasteiger partial charge is 0.508 e. The minimum Gasteiger partial charge on any atom is -0.508 e. The van der Waals surface area contributed by atoms with Crippen molar-refractivity contribution in [3.63, 3.8) is 0 Å². The van der Waals surface area contributed by atoms with Gasteiger partial charge in [-0.1, -0.05) is 18.2 Å². The highest BCUT2D eigenvalue weighted by atomic mass is 16.3. The number of nitrogens with zero attached hydrogens (tertiary/aromatic N) is 1. The van der Waals surface area contributed by atoms with Gasteiger partial charge >= 0.3 is 0 Å². The van der Waals surface area contributed by atoms with Crippen LogP contribution in [0.5, 0.6) is 5.75 Å². The molecular formula is C11H17NO3. The van der Waals surface area contributed by atoms with Crippen LogP contribution in [-0.4, -0.2) is 46.5 Å². The maximum Gasteiger partial charge on any atom is 0.120 e. The lowest BCUT2D eigenvalue weighted by Gasteiger charge is -2.20. The molecule has 0 aromatic heterocycles. The van der Waals surface area contributed by atoms with Crippen LogP contribution in [0.4, 0.5) is 0 Å². The van der Waals surface area contributed by atoms with Crippen LogP contribution in [0.3, 0.4) is 0 Å². The Morgan fingerprint density at radius 1 is 1.00 bits per heavy atom. The Bertz CT molecular complexity index is 285. The molecule has 0 aliphatic heterocycles. The van der Waals surface area contributed by atoms with Gasteiger partial charge in [-0.3, -0.25) is 4.90 Å². The smallest absolute Gasteiger partial charge is 0.120 e. The average molecular weight is 211 g/mol. The van der Waals surface area contributed by atoms with Crippen molar-refractivity contribution in [3.05, 3.63) is 29.8 Å². The molecule has 0 fully saturated rings. The van der Waals surface area contributed by atoms with Crippen molar-refractivity contribution in [1.29, 1.82) is 0 Å². The Hall–Kier alpha value is -1.10. The van der Waals surface area contributed by atoms with E-state index in [1.807, 2.05) is 17.0 Å². The first kappa shape index (κ1) is 12.0. The van der Waals surface area contributed by atoms with Gasteiger partial charge < -0.3 is 15.3 Å². The first-order valence-electron chi connectivity index (χ1n) is 4.99. The van der Waals surface area contributed by atoms with E-state index in [9.17, 15) is 5.11 Å². The number of benzene rings is 1. The molecule has 0 atom stereocenters. The Morgan fingerprint density at radius 2 is 1.60 bits per heavy atom. The van der Waals surface area contributed by atoms with Crippen molar-refractivity contribution in [2.75, 3.05) is 26.3 Å². The maximum atomic E-state index is 9.54. The number of hydrogen-bond acceptors (Lipinski definition) is 4. The van der Waals surface area contributed by atoms with Crippen molar-refractivity contribution < 1.29 is 15.3 Å². The molecule has 15 heavy (non-hydrogen) atoms. The zero-order valence-electron chi connectivity index (χ0n) is 8.63. The molecule has 0 aliphatic rings. The van der Waals surface area contributed by atoms with E-state index in [2.05, 4.69) is 0 Å². The number of phenols is 1. The van der Waals surface area contributed by atoms with Gasteiger partial charge in [0.1, 0.15) is 5.75 Å². The second-order valence-electron chi connectivity index (χ2n) is 3.35. The molecule has 1 aromatic carbocycles. The number of hydrogen-bond donors (Lipinski definition) is 3. The molecule has 1 rings (SSSR count). The van der Waals surface area contributed by atoms with E-state index >= 15 is 0 Å². The zero-order valence-corrected chi connectivity index (χ0v) is 8.63. The van der Waals surface area contributed by atoms with Crippen molar-refractivity contribution >= 4 is 0 Å². The van der Waals surface area contributed by atoms with Crippen LogP contribution in [0.15, 0.2) is 24.3 Å². The maximum absolute atomic E-state index is 9.54. The zero-order chi connectivity index (χ0) is 11.1. The Balaban J connectivity index is 2.60.